The molecule has 0 radical (unpaired) electrons. The zero-order chi connectivity index (χ0) is 13.6. The summed E-state index contributed by atoms with van der Waals surface area (Å²) in [6.07, 6.45) is 7.81. The lowest BCUT2D eigenvalue weighted by molar-refractivity contribution is 0.540. The average molecular weight is 274 g/mol. The van der Waals surface area contributed by atoms with Crippen LogP contribution in [-0.2, 0) is 16.3 Å². The zero-order valence-corrected chi connectivity index (χ0v) is 12.1. The molecule has 3 heteroatoms. The molecule has 0 N–H and O–H groups in total. The molecule has 0 amide bonds. The maximum absolute atomic E-state index is 12.8. The number of hydrogen-bond donors (Lipinski definition) is 0. The summed E-state index contributed by atoms with van der Waals surface area (Å²) in [5.41, 5.74) is 3.09. The van der Waals surface area contributed by atoms with Crippen LogP contribution in [0.5, 0.6) is 0 Å². The largest absolute Gasteiger partial charge is 0.223 e. The van der Waals surface area contributed by atoms with E-state index in [1.54, 1.807) is 0 Å². The van der Waals surface area contributed by atoms with Gasteiger partial charge in [-0.15, -0.1) is 0 Å². The topological polar surface area (TPSA) is 34.1 Å². The molecule has 1 aromatic carbocycles. The van der Waals surface area contributed by atoms with Gasteiger partial charge in [-0.05, 0) is 37.0 Å². The molecule has 1 heterocycles. The van der Waals surface area contributed by atoms with Crippen LogP contribution in [0.3, 0.4) is 0 Å². The lowest BCUT2D eigenvalue weighted by Gasteiger charge is -2.32. The fraction of sp³-hybridized carbons (Fsp3) is 0.375. The molecular weight excluding hydrogens is 256 g/mol. The number of benzene rings is 1. The van der Waals surface area contributed by atoms with Crippen LogP contribution >= 0.6 is 0 Å². The molecule has 100 valence electrons. The van der Waals surface area contributed by atoms with Crippen LogP contribution in [0.2, 0.25) is 0 Å². The Balaban J connectivity index is 2.17. The minimum Gasteiger partial charge on any atom is -0.223 e. The molecule has 2 unspecified atom stereocenters. The molecule has 2 aliphatic rings. The molecular formula is C16H18O2S. The third-order valence-corrected chi connectivity index (χ3v) is 6.30. The summed E-state index contributed by atoms with van der Waals surface area (Å²) in [7, 11) is -3.24. The SMILES string of the molecule is CCC1=CC2C(C=C1)Cc1ccc(C)cc1S2(=O)=O. The molecule has 1 aliphatic carbocycles. The van der Waals surface area contributed by atoms with Crippen molar-refractivity contribution < 1.29 is 8.42 Å². The number of allylic oxidation sites excluding steroid dienone is 3. The van der Waals surface area contributed by atoms with Crippen molar-refractivity contribution in [1.29, 1.82) is 0 Å². The van der Waals surface area contributed by atoms with E-state index in [1.807, 2.05) is 31.2 Å². The van der Waals surface area contributed by atoms with E-state index < -0.39 is 9.84 Å². The number of hydrogen-bond acceptors (Lipinski definition) is 2. The summed E-state index contributed by atoms with van der Waals surface area (Å²) in [5.74, 6) is 0.0931. The average Bonchev–Trinajstić information content (AvgIpc) is 2.40. The molecule has 0 saturated carbocycles. The summed E-state index contributed by atoms with van der Waals surface area (Å²) in [4.78, 5) is 0.538. The first-order chi connectivity index (χ1) is 9.02. The minimum atomic E-state index is -3.24. The van der Waals surface area contributed by atoms with Gasteiger partial charge in [-0.2, -0.15) is 0 Å². The number of aryl methyl sites for hydroxylation is 1. The van der Waals surface area contributed by atoms with E-state index in [4.69, 9.17) is 0 Å². The van der Waals surface area contributed by atoms with Crippen LogP contribution in [0.1, 0.15) is 24.5 Å². The molecule has 0 bridgehead atoms. The van der Waals surface area contributed by atoms with Gasteiger partial charge in [0.2, 0.25) is 0 Å². The summed E-state index contributed by atoms with van der Waals surface area (Å²) in [6, 6.07) is 5.78. The third-order valence-electron chi connectivity index (χ3n) is 4.11. The molecule has 1 aliphatic heterocycles. The van der Waals surface area contributed by atoms with Gasteiger partial charge in [-0.1, -0.05) is 42.9 Å². The highest BCUT2D eigenvalue weighted by molar-refractivity contribution is 7.92. The predicted octanol–water partition coefficient (Wildman–Crippen LogP) is 3.22. The number of fused-ring (bicyclic) bond motifs is 2. The van der Waals surface area contributed by atoms with Gasteiger partial charge in [0.25, 0.3) is 0 Å². The summed E-state index contributed by atoms with van der Waals surface area (Å²) in [6.45, 7) is 4.00. The van der Waals surface area contributed by atoms with E-state index >= 15 is 0 Å². The highest BCUT2D eigenvalue weighted by Gasteiger charge is 2.39. The van der Waals surface area contributed by atoms with Gasteiger partial charge in [-0.3, -0.25) is 0 Å². The van der Waals surface area contributed by atoms with Crippen molar-refractivity contribution in [3.8, 4) is 0 Å². The van der Waals surface area contributed by atoms with Crippen LogP contribution in [0.4, 0.5) is 0 Å². The molecule has 0 fully saturated rings. The monoisotopic (exact) mass is 274 g/mol. The van der Waals surface area contributed by atoms with Crippen molar-refractivity contribution in [2.75, 3.05) is 0 Å². The van der Waals surface area contributed by atoms with Crippen molar-refractivity contribution in [2.45, 2.75) is 36.8 Å². The predicted molar refractivity (Wildman–Crippen MR) is 76.9 cm³/mol. The first-order valence-electron chi connectivity index (χ1n) is 6.74. The zero-order valence-electron chi connectivity index (χ0n) is 11.3. The molecule has 0 aromatic heterocycles. The highest BCUT2D eigenvalue weighted by Crippen LogP contribution is 2.38. The Morgan fingerprint density at radius 1 is 1.32 bits per heavy atom. The van der Waals surface area contributed by atoms with Crippen LogP contribution < -0.4 is 0 Å². The van der Waals surface area contributed by atoms with Crippen molar-refractivity contribution in [3.05, 3.63) is 53.1 Å². The molecule has 3 rings (SSSR count). The Morgan fingerprint density at radius 3 is 2.84 bits per heavy atom. The van der Waals surface area contributed by atoms with Crippen molar-refractivity contribution in [1.82, 2.24) is 0 Å². The molecule has 0 saturated heterocycles. The van der Waals surface area contributed by atoms with Gasteiger partial charge in [-0.25, -0.2) is 8.42 Å². The quantitative estimate of drug-likeness (QED) is 0.788. The van der Waals surface area contributed by atoms with Crippen LogP contribution in [0.25, 0.3) is 0 Å². The fourth-order valence-electron chi connectivity index (χ4n) is 2.98. The first kappa shape index (κ1) is 12.7. The second-order valence-electron chi connectivity index (χ2n) is 5.44. The van der Waals surface area contributed by atoms with E-state index in [-0.39, 0.29) is 11.2 Å². The van der Waals surface area contributed by atoms with E-state index in [2.05, 4.69) is 19.1 Å². The van der Waals surface area contributed by atoms with Gasteiger partial charge in [0.15, 0.2) is 9.84 Å². The Labute approximate surface area is 114 Å². The van der Waals surface area contributed by atoms with Crippen molar-refractivity contribution >= 4 is 9.84 Å². The second-order valence-corrected chi connectivity index (χ2v) is 7.52. The Kier molecular flexibility index (Phi) is 2.90. The maximum atomic E-state index is 12.8. The molecule has 2 atom stereocenters. The van der Waals surface area contributed by atoms with Gasteiger partial charge >= 0.3 is 0 Å². The number of rotatable bonds is 1. The third kappa shape index (κ3) is 1.96. The lowest BCUT2D eigenvalue weighted by Crippen LogP contribution is -2.35. The normalized spacial score (nSPS) is 27.4. The van der Waals surface area contributed by atoms with E-state index in [0.717, 1.165) is 29.5 Å². The number of sulfone groups is 1. The van der Waals surface area contributed by atoms with Gasteiger partial charge in [0.1, 0.15) is 0 Å². The first-order valence-corrected chi connectivity index (χ1v) is 8.29. The Morgan fingerprint density at radius 2 is 2.11 bits per heavy atom. The minimum absolute atomic E-state index is 0.0931. The van der Waals surface area contributed by atoms with Crippen molar-refractivity contribution in [3.63, 3.8) is 0 Å². The summed E-state index contributed by atoms with van der Waals surface area (Å²) >= 11 is 0. The standard InChI is InChI=1S/C16H18O2S/c1-3-12-5-7-14-10-13-6-4-11(2)8-15(13)19(17,18)16(14)9-12/h4-9,14,16H,3,10H2,1-2H3. The van der Waals surface area contributed by atoms with Gasteiger partial charge in [0, 0.05) is 5.92 Å². The smallest absolute Gasteiger partial charge is 0.185 e. The van der Waals surface area contributed by atoms with Crippen LogP contribution in [0.15, 0.2) is 46.9 Å². The van der Waals surface area contributed by atoms with Crippen LogP contribution in [-0.4, -0.2) is 13.7 Å². The van der Waals surface area contributed by atoms with Crippen LogP contribution in [0, 0.1) is 12.8 Å². The Bertz CT molecular complexity index is 681. The fourth-order valence-corrected chi connectivity index (χ4v) is 5.14. The maximum Gasteiger partial charge on any atom is 0.185 e. The van der Waals surface area contributed by atoms with Gasteiger partial charge in [0.05, 0.1) is 10.1 Å². The van der Waals surface area contributed by atoms with E-state index in [9.17, 15) is 8.42 Å². The Hall–Kier alpha value is -1.35. The summed E-state index contributed by atoms with van der Waals surface area (Å²) < 4.78 is 25.5. The molecule has 1 aromatic rings. The summed E-state index contributed by atoms with van der Waals surface area (Å²) in [5, 5.41) is -0.373. The van der Waals surface area contributed by atoms with Crippen molar-refractivity contribution in [2.24, 2.45) is 5.92 Å². The molecule has 0 spiro atoms. The highest BCUT2D eigenvalue weighted by atomic mass is 32.2. The lowest BCUT2D eigenvalue weighted by atomic mass is 9.89. The second kappa shape index (κ2) is 4.34. The van der Waals surface area contributed by atoms with E-state index in [0.29, 0.717) is 4.90 Å². The van der Waals surface area contributed by atoms with Gasteiger partial charge < -0.3 is 0 Å². The van der Waals surface area contributed by atoms with E-state index in [1.165, 1.54) is 0 Å². The molecule has 2 nitrogen and oxygen atoms in total. The molecule has 19 heavy (non-hydrogen) atoms.